The molecule has 3 N–H and O–H groups in total. The second-order valence-corrected chi connectivity index (χ2v) is 7.25. The van der Waals surface area contributed by atoms with Crippen molar-refractivity contribution in [1.29, 1.82) is 0 Å². The number of nitrogens with zero attached hydrogens (tertiary/aromatic N) is 4. The van der Waals surface area contributed by atoms with Gasteiger partial charge in [0, 0.05) is 18.5 Å². The first-order chi connectivity index (χ1) is 13.7. The maximum absolute atomic E-state index is 11.8. The van der Waals surface area contributed by atoms with E-state index in [1.54, 1.807) is 12.4 Å². The smallest absolute Gasteiger partial charge is 0.263 e. The van der Waals surface area contributed by atoms with E-state index in [0.717, 1.165) is 48.6 Å². The van der Waals surface area contributed by atoms with Crippen molar-refractivity contribution in [3.8, 4) is 11.4 Å². The highest BCUT2D eigenvalue weighted by Gasteiger charge is 2.25. The molecule has 1 aliphatic carbocycles. The number of hydrogen-bond donors (Lipinski definition) is 2. The van der Waals surface area contributed by atoms with Gasteiger partial charge < -0.3 is 15.1 Å². The fraction of sp³-hybridized carbons (Fsp3) is 0.450. The summed E-state index contributed by atoms with van der Waals surface area (Å²) < 4.78 is 5.01. The Morgan fingerprint density at radius 3 is 2.75 bits per heavy atom. The van der Waals surface area contributed by atoms with Gasteiger partial charge in [-0.3, -0.25) is 14.8 Å². The Kier molecular flexibility index (Phi) is 5.57. The second kappa shape index (κ2) is 8.43. The molecule has 0 amide bonds. The lowest BCUT2D eigenvalue weighted by Crippen LogP contribution is -2.12. The van der Waals surface area contributed by atoms with E-state index >= 15 is 0 Å². The van der Waals surface area contributed by atoms with E-state index in [4.69, 9.17) is 10.2 Å². The quantitative estimate of drug-likeness (QED) is 0.407. The molecule has 0 aromatic carbocycles. The SMILES string of the molecule is NC(CCCCCC(=O)c1ncco1)c1ncc(-c2cnc(C3CC3)cn2)[nH]1. The molecule has 0 radical (unpaired) electrons. The summed E-state index contributed by atoms with van der Waals surface area (Å²) in [7, 11) is 0. The van der Waals surface area contributed by atoms with Crippen LogP contribution in [0.4, 0.5) is 0 Å². The number of hydrogen-bond acceptors (Lipinski definition) is 7. The number of carbonyl (C=O) groups is 1. The summed E-state index contributed by atoms with van der Waals surface area (Å²) in [5, 5.41) is 0. The van der Waals surface area contributed by atoms with Crippen LogP contribution in [0.5, 0.6) is 0 Å². The number of nitrogens with one attached hydrogen (secondary N) is 1. The van der Waals surface area contributed by atoms with Crippen molar-refractivity contribution in [2.45, 2.75) is 56.9 Å². The minimum Gasteiger partial charge on any atom is -0.442 e. The number of imidazole rings is 1. The molecule has 0 aliphatic heterocycles. The van der Waals surface area contributed by atoms with Crippen LogP contribution in [0.3, 0.4) is 0 Å². The van der Waals surface area contributed by atoms with Crippen molar-refractivity contribution >= 4 is 5.78 Å². The van der Waals surface area contributed by atoms with Gasteiger partial charge in [-0.2, -0.15) is 0 Å². The normalized spacial score (nSPS) is 14.9. The van der Waals surface area contributed by atoms with Crippen LogP contribution < -0.4 is 5.73 Å². The molecule has 3 aromatic rings. The lowest BCUT2D eigenvalue weighted by molar-refractivity contribution is 0.0945. The maximum Gasteiger partial charge on any atom is 0.263 e. The van der Waals surface area contributed by atoms with Crippen LogP contribution in [0, 0.1) is 0 Å². The molecule has 3 heterocycles. The zero-order valence-electron chi connectivity index (χ0n) is 15.7. The van der Waals surface area contributed by atoms with Crippen LogP contribution in [-0.4, -0.2) is 30.7 Å². The highest BCUT2D eigenvalue weighted by molar-refractivity contribution is 5.91. The van der Waals surface area contributed by atoms with Gasteiger partial charge in [0.1, 0.15) is 17.8 Å². The molecule has 28 heavy (non-hydrogen) atoms. The van der Waals surface area contributed by atoms with Crippen molar-refractivity contribution in [3.63, 3.8) is 0 Å². The molecule has 1 aliphatic rings. The third kappa shape index (κ3) is 4.51. The van der Waals surface area contributed by atoms with Crippen LogP contribution in [0.2, 0.25) is 0 Å². The molecule has 146 valence electrons. The largest absolute Gasteiger partial charge is 0.442 e. The van der Waals surface area contributed by atoms with E-state index in [-0.39, 0.29) is 17.7 Å². The molecule has 8 nitrogen and oxygen atoms in total. The Morgan fingerprint density at radius 1 is 1.14 bits per heavy atom. The maximum atomic E-state index is 11.8. The van der Waals surface area contributed by atoms with Crippen LogP contribution >= 0.6 is 0 Å². The standard InChI is InChI=1S/C20H24N6O2/c21-14(4-2-1-3-5-18(27)20-22-8-9-28-20)19-25-12-17(26-19)16-11-23-15(10-24-16)13-6-7-13/h8-14H,1-7,21H2,(H,25,26). The zero-order chi connectivity index (χ0) is 19.3. The molecule has 0 spiro atoms. The Hall–Kier alpha value is -2.87. The number of H-pyrrole nitrogens is 1. The van der Waals surface area contributed by atoms with Crippen molar-refractivity contribution in [2.75, 3.05) is 0 Å². The van der Waals surface area contributed by atoms with Gasteiger partial charge >= 0.3 is 0 Å². The Morgan fingerprint density at radius 2 is 2.04 bits per heavy atom. The van der Waals surface area contributed by atoms with Crippen molar-refractivity contribution in [1.82, 2.24) is 24.9 Å². The van der Waals surface area contributed by atoms with Gasteiger partial charge in [0.05, 0.1) is 36.0 Å². The number of Topliss-reactive ketones (excluding diaryl/α,β-unsaturated/α-hetero) is 1. The number of nitrogens with two attached hydrogens (primary N) is 1. The monoisotopic (exact) mass is 380 g/mol. The summed E-state index contributed by atoms with van der Waals surface area (Å²) in [6, 6.07) is -0.171. The van der Waals surface area contributed by atoms with E-state index < -0.39 is 0 Å². The van der Waals surface area contributed by atoms with Crippen molar-refractivity contribution in [2.24, 2.45) is 5.73 Å². The average Bonchev–Trinajstić information content (AvgIpc) is 3.21. The summed E-state index contributed by atoms with van der Waals surface area (Å²) in [4.78, 5) is 32.3. The highest BCUT2D eigenvalue weighted by atomic mass is 16.3. The summed E-state index contributed by atoms with van der Waals surface area (Å²) >= 11 is 0. The zero-order valence-corrected chi connectivity index (χ0v) is 15.7. The molecule has 8 heteroatoms. The minimum absolute atomic E-state index is 0.0567. The summed E-state index contributed by atoms with van der Waals surface area (Å²) in [5.41, 5.74) is 8.94. The summed E-state index contributed by atoms with van der Waals surface area (Å²) in [5.74, 6) is 1.48. The summed E-state index contributed by atoms with van der Waals surface area (Å²) in [6.07, 6.45) is 14.6. The molecule has 1 atom stereocenters. The predicted octanol–water partition coefficient (Wildman–Crippen LogP) is 3.57. The van der Waals surface area contributed by atoms with Gasteiger partial charge in [0.2, 0.25) is 5.78 Å². The molecule has 0 bridgehead atoms. The van der Waals surface area contributed by atoms with Gasteiger partial charge in [-0.1, -0.05) is 12.8 Å². The van der Waals surface area contributed by atoms with Gasteiger partial charge in [0.25, 0.3) is 5.89 Å². The Balaban J connectivity index is 1.21. The Bertz CT molecular complexity index is 899. The van der Waals surface area contributed by atoms with E-state index in [1.165, 1.54) is 25.3 Å². The van der Waals surface area contributed by atoms with Gasteiger partial charge in [-0.15, -0.1) is 0 Å². The van der Waals surface area contributed by atoms with E-state index in [2.05, 4.69) is 24.9 Å². The third-order valence-electron chi connectivity index (χ3n) is 4.98. The van der Waals surface area contributed by atoms with Crippen LogP contribution in [0.1, 0.15) is 79.1 Å². The molecule has 1 unspecified atom stereocenters. The molecule has 1 saturated carbocycles. The van der Waals surface area contributed by atoms with E-state index in [9.17, 15) is 4.79 Å². The fourth-order valence-corrected chi connectivity index (χ4v) is 3.15. The van der Waals surface area contributed by atoms with Crippen LogP contribution in [-0.2, 0) is 0 Å². The number of unbranched alkanes of at least 4 members (excludes halogenated alkanes) is 2. The predicted molar refractivity (Wildman–Crippen MR) is 102 cm³/mol. The van der Waals surface area contributed by atoms with Crippen molar-refractivity contribution in [3.05, 3.63) is 48.5 Å². The number of carbonyl (C=O) groups excluding carboxylic acids is 1. The molecule has 3 aromatic heterocycles. The number of rotatable bonds is 10. The fourth-order valence-electron chi connectivity index (χ4n) is 3.15. The number of aromatic amines is 1. The van der Waals surface area contributed by atoms with Gasteiger partial charge in [-0.25, -0.2) is 9.97 Å². The highest BCUT2D eigenvalue weighted by Crippen LogP contribution is 2.38. The molecule has 1 fully saturated rings. The van der Waals surface area contributed by atoms with Gasteiger partial charge in [0.15, 0.2) is 0 Å². The first kappa shape index (κ1) is 18.5. The Labute approximate surface area is 163 Å². The van der Waals surface area contributed by atoms with E-state index in [0.29, 0.717) is 12.3 Å². The van der Waals surface area contributed by atoms with Crippen LogP contribution in [0.25, 0.3) is 11.4 Å². The van der Waals surface area contributed by atoms with Gasteiger partial charge in [-0.05, 0) is 25.7 Å². The topological polar surface area (TPSA) is 124 Å². The molecule has 4 rings (SSSR count). The van der Waals surface area contributed by atoms with E-state index in [1.807, 2.05) is 6.20 Å². The van der Waals surface area contributed by atoms with Crippen molar-refractivity contribution < 1.29 is 9.21 Å². The second-order valence-electron chi connectivity index (χ2n) is 7.25. The third-order valence-corrected chi connectivity index (χ3v) is 4.98. The lowest BCUT2D eigenvalue weighted by Gasteiger charge is -2.08. The number of aromatic nitrogens is 5. The lowest BCUT2D eigenvalue weighted by atomic mass is 10.1. The first-order valence-corrected chi connectivity index (χ1v) is 9.76. The minimum atomic E-state index is -0.171. The van der Waals surface area contributed by atoms with Crippen LogP contribution in [0.15, 0.2) is 35.5 Å². The average molecular weight is 380 g/mol. The molecule has 0 saturated heterocycles. The first-order valence-electron chi connectivity index (χ1n) is 9.76. The molecular formula is C20H24N6O2. The number of oxazole rings is 1. The summed E-state index contributed by atoms with van der Waals surface area (Å²) in [6.45, 7) is 0. The number of ketones is 1. The molecular weight excluding hydrogens is 356 g/mol.